The molecule has 0 aliphatic heterocycles. The van der Waals surface area contributed by atoms with E-state index >= 15 is 0 Å². The van der Waals surface area contributed by atoms with Crippen molar-refractivity contribution in [2.75, 3.05) is 0 Å². The molecule has 0 N–H and O–H groups in total. The van der Waals surface area contributed by atoms with Crippen LogP contribution in [0.4, 0.5) is 0 Å². The maximum absolute atomic E-state index is 4.14. The van der Waals surface area contributed by atoms with Gasteiger partial charge in [0, 0.05) is 16.0 Å². The SMILES string of the molecule is C=C1c2ccsc2-c2sc(C)cc21. The number of thiophene rings is 2. The van der Waals surface area contributed by atoms with Gasteiger partial charge < -0.3 is 0 Å². The van der Waals surface area contributed by atoms with E-state index in [4.69, 9.17) is 0 Å². The molecule has 13 heavy (non-hydrogen) atoms. The predicted octanol–water partition coefficient (Wildman–Crippen LogP) is 4.16. The van der Waals surface area contributed by atoms with E-state index in [0.29, 0.717) is 0 Å². The van der Waals surface area contributed by atoms with Gasteiger partial charge in [-0.05, 0) is 30.0 Å². The van der Waals surface area contributed by atoms with Gasteiger partial charge in [0.05, 0.1) is 9.75 Å². The fraction of sp³-hybridized carbons (Fsp3) is 0.0909. The third-order valence-corrected chi connectivity index (χ3v) is 4.51. The Balaban J connectivity index is 2.41. The molecule has 2 aromatic rings. The van der Waals surface area contributed by atoms with E-state index in [2.05, 4.69) is 31.0 Å². The van der Waals surface area contributed by atoms with Crippen molar-refractivity contribution in [1.29, 1.82) is 0 Å². The van der Waals surface area contributed by atoms with Gasteiger partial charge in [0.15, 0.2) is 0 Å². The fourth-order valence-electron chi connectivity index (χ4n) is 1.77. The lowest BCUT2D eigenvalue weighted by Gasteiger charge is -1.91. The van der Waals surface area contributed by atoms with E-state index in [0.717, 1.165) is 0 Å². The predicted molar refractivity (Wildman–Crippen MR) is 60.5 cm³/mol. The minimum absolute atomic E-state index is 1.20. The highest BCUT2D eigenvalue weighted by molar-refractivity contribution is 7.22. The molecule has 0 fully saturated rings. The summed E-state index contributed by atoms with van der Waals surface area (Å²) in [6.45, 7) is 6.29. The average Bonchev–Trinajstić information content (AvgIpc) is 2.70. The molecular weight excluding hydrogens is 196 g/mol. The lowest BCUT2D eigenvalue weighted by Crippen LogP contribution is -1.72. The van der Waals surface area contributed by atoms with Crippen LogP contribution in [0.2, 0.25) is 0 Å². The zero-order valence-corrected chi connectivity index (χ0v) is 8.89. The molecule has 2 heteroatoms. The number of fused-ring (bicyclic) bond motifs is 3. The maximum Gasteiger partial charge on any atom is 0.0530 e. The van der Waals surface area contributed by atoms with Crippen molar-refractivity contribution in [3.05, 3.63) is 40.1 Å². The zero-order valence-electron chi connectivity index (χ0n) is 7.26. The number of rotatable bonds is 0. The van der Waals surface area contributed by atoms with Crippen LogP contribution in [0.25, 0.3) is 15.3 Å². The van der Waals surface area contributed by atoms with Gasteiger partial charge in [-0.3, -0.25) is 0 Å². The highest BCUT2D eigenvalue weighted by atomic mass is 32.1. The van der Waals surface area contributed by atoms with Gasteiger partial charge >= 0.3 is 0 Å². The quantitative estimate of drug-likeness (QED) is 0.516. The molecule has 3 rings (SSSR count). The van der Waals surface area contributed by atoms with Crippen molar-refractivity contribution in [2.24, 2.45) is 0 Å². The van der Waals surface area contributed by atoms with E-state index < -0.39 is 0 Å². The van der Waals surface area contributed by atoms with E-state index in [9.17, 15) is 0 Å². The molecule has 0 saturated carbocycles. The average molecular weight is 204 g/mol. The molecule has 0 amide bonds. The van der Waals surface area contributed by atoms with Crippen LogP contribution >= 0.6 is 22.7 Å². The second-order valence-electron chi connectivity index (χ2n) is 3.24. The molecule has 1 aliphatic rings. The van der Waals surface area contributed by atoms with Crippen molar-refractivity contribution < 1.29 is 0 Å². The van der Waals surface area contributed by atoms with E-state index in [-0.39, 0.29) is 0 Å². The van der Waals surface area contributed by atoms with Gasteiger partial charge in [0.25, 0.3) is 0 Å². The number of hydrogen-bond acceptors (Lipinski definition) is 2. The molecule has 2 aromatic heterocycles. The van der Waals surface area contributed by atoms with Crippen LogP contribution < -0.4 is 0 Å². The van der Waals surface area contributed by atoms with Crippen LogP contribution in [0.3, 0.4) is 0 Å². The van der Waals surface area contributed by atoms with E-state index in [1.54, 1.807) is 0 Å². The summed E-state index contributed by atoms with van der Waals surface area (Å²) in [5.41, 5.74) is 3.89. The summed E-state index contributed by atoms with van der Waals surface area (Å²) in [4.78, 5) is 4.22. The molecule has 0 aromatic carbocycles. The Morgan fingerprint density at radius 2 is 2.08 bits per heavy atom. The van der Waals surface area contributed by atoms with Crippen LogP contribution in [0.5, 0.6) is 0 Å². The van der Waals surface area contributed by atoms with Crippen molar-refractivity contribution in [3.8, 4) is 9.75 Å². The van der Waals surface area contributed by atoms with Crippen LogP contribution in [0.15, 0.2) is 24.1 Å². The highest BCUT2D eigenvalue weighted by Gasteiger charge is 2.24. The molecule has 0 atom stereocenters. The first-order valence-electron chi connectivity index (χ1n) is 4.15. The normalized spacial score (nSPS) is 13.2. The summed E-state index contributed by atoms with van der Waals surface area (Å²) < 4.78 is 0. The Bertz CT molecular complexity index is 500. The standard InChI is InChI=1S/C11H8S2/c1-6-5-9-7(2)8-3-4-12-10(8)11(9)13-6/h3-5H,2H2,1H3. The minimum atomic E-state index is 1.20. The third kappa shape index (κ3) is 0.847. The molecule has 0 bridgehead atoms. The summed E-state index contributed by atoms with van der Waals surface area (Å²) in [7, 11) is 0. The van der Waals surface area contributed by atoms with Crippen LogP contribution in [-0.4, -0.2) is 0 Å². The minimum Gasteiger partial charge on any atom is -0.142 e. The molecule has 1 aliphatic carbocycles. The van der Waals surface area contributed by atoms with Crippen molar-refractivity contribution in [3.63, 3.8) is 0 Å². The summed E-state index contributed by atoms with van der Waals surface area (Å²) in [6, 6.07) is 4.42. The molecule has 0 nitrogen and oxygen atoms in total. The molecule has 0 unspecified atom stereocenters. The summed E-state index contributed by atoms with van der Waals surface area (Å²) in [5, 5.41) is 2.15. The Morgan fingerprint density at radius 3 is 2.92 bits per heavy atom. The summed E-state index contributed by atoms with van der Waals surface area (Å²) in [6.07, 6.45) is 0. The lowest BCUT2D eigenvalue weighted by molar-refractivity contribution is 1.62. The van der Waals surface area contributed by atoms with Gasteiger partial charge in [0.2, 0.25) is 0 Å². The van der Waals surface area contributed by atoms with Gasteiger partial charge in [-0.25, -0.2) is 0 Å². The van der Waals surface area contributed by atoms with Gasteiger partial charge in [0.1, 0.15) is 0 Å². The second-order valence-corrected chi connectivity index (χ2v) is 5.41. The maximum atomic E-state index is 4.14. The van der Waals surface area contributed by atoms with Crippen LogP contribution in [-0.2, 0) is 0 Å². The molecular formula is C11H8S2. The second kappa shape index (κ2) is 2.34. The van der Waals surface area contributed by atoms with Crippen molar-refractivity contribution in [2.45, 2.75) is 6.92 Å². The first-order chi connectivity index (χ1) is 6.27. The van der Waals surface area contributed by atoms with Crippen molar-refractivity contribution in [1.82, 2.24) is 0 Å². The Labute approximate surface area is 85.2 Å². The van der Waals surface area contributed by atoms with Crippen LogP contribution in [0.1, 0.15) is 16.0 Å². The van der Waals surface area contributed by atoms with Gasteiger partial charge in [-0.2, -0.15) is 0 Å². The topological polar surface area (TPSA) is 0 Å². The molecule has 0 radical (unpaired) electrons. The first kappa shape index (κ1) is 7.54. The first-order valence-corrected chi connectivity index (χ1v) is 5.85. The Hall–Kier alpha value is -0.860. The Morgan fingerprint density at radius 1 is 1.23 bits per heavy atom. The van der Waals surface area contributed by atoms with E-state index in [1.165, 1.54) is 31.3 Å². The molecule has 2 heterocycles. The summed E-state index contributed by atoms with van der Waals surface area (Å²) >= 11 is 3.70. The third-order valence-electron chi connectivity index (χ3n) is 2.38. The summed E-state index contributed by atoms with van der Waals surface area (Å²) in [5.74, 6) is 0. The van der Waals surface area contributed by atoms with Crippen LogP contribution in [0, 0.1) is 6.92 Å². The number of aryl methyl sites for hydroxylation is 1. The monoisotopic (exact) mass is 204 g/mol. The smallest absolute Gasteiger partial charge is 0.0530 e. The molecule has 0 saturated heterocycles. The Kier molecular flexibility index (Phi) is 1.35. The zero-order chi connectivity index (χ0) is 9.00. The highest BCUT2D eigenvalue weighted by Crippen LogP contribution is 2.50. The molecule has 0 spiro atoms. The fourth-order valence-corrected chi connectivity index (χ4v) is 3.91. The van der Waals surface area contributed by atoms with Crippen molar-refractivity contribution >= 4 is 28.2 Å². The lowest BCUT2D eigenvalue weighted by atomic mass is 10.1. The largest absolute Gasteiger partial charge is 0.142 e. The van der Waals surface area contributed by atoms with E-state index in [1.807, 2.05) is 22.7 Å². The molecule has 64 valence electrons. The number of hydrogen-bond donors (Lipinski definition) is 0. The van der Waals surface area contributed by atoms with Gasteiger partial charge in [-0.1, -0.05) is 6.58 Å². The van der Waals surface area contributed by atoms with Gasteiger partial charge in [-0.15, -0.1) is 22.7 Å².